The molecular formula is C5F4LiN. The van der Waals surface area contributed by atoms with Crippen LogP contribution >= 0.6 is 0 Å². The molecule has 11 heavy (non-hydrogen) atoms. The second kappa shape index (κ2) is 3.74. The monoisotopic (exact) mass is 157 g/mol. The Morgan fingerprint density at radius 1 is 1.09 bits per heavy atom. The van der Waals surface area contributed by atoms with E-state index in [2.05, 4.69) is 4.98 Å². The van der Waals surface area contributed by atoms with Crippen molar-refractivity contribution in [1.29, 1.82) is 0 Å². The molecule has 1 rings (SSSR count). The van der Waals surface area contributed by atoms with Crippen molar-refractivity contribution in [3.63, 3.8) is 0 Å². The van der Waals surface area contributed by atoms with Gasteiger partial charge in [-0.1, -0.05) is 0 Å². The molecule has 0 unspecified atom stereocenters. The van der Waals surface area contributed by atoms with Gasteiger partial charge in [-0.25, -0.2) is 18.2 Å². The summed E-state index contributed by atoms with van der Waals surface area (Å²) in [6.07, 6.45) is 0. The number of nitrogens with zero attached hydrogens (tertiary/aromatic N) is 1. The molecule has 0 saturated heterocycles. The molecule has 0 aliphatic carbocycles. The summed E-state index contributed by atoms with van der Waals surface area (Å²) in [5, 5.41) is 0. The third-order valence-corrected chi connectivity index (χ3v) is 0.783. The molecule has 0 saturated carbocycles. The minimum Gasteiger partial charge on any atom is -0.313 e. The van der Waals surface area contributed by atoms with Gasteiger partial charge in [-0.2, -0.15) is 6.07 Å². The summed E-state index contributed by atoms with van der Waals surface area (Å²) < 4.78 is 47.4. The normalized spacial score (nSPS) is 9.09. The van der Waals surface area contributed by atoms with Gasteiger partial charge in [0.2, 0.25) is 0 Å². The number of halogens is 4. The second-order valence-electron chi connectivity index (χ2n) is 1.45. The maximum absolute atomic E-state index is 11.9. The van der Waals surface area contributed by atoms with Crippen molar-refractivity contribution in [2.45, 2.75) is 0 Å². The number of aromatic nitrogens is 1. The number of rotatable bonds is 0. The van der Waals surface area contributed by atoms with E-state index in [1.807, 2.05) is 0 Å². The van der Waals surface area contributed by atoms with E-state index in [0.717, 1.165) is 0 Å². The molecule has 0 bridgehead atoms. The quantitative estimate of drug-likeness (QED) is 0.192. The summed E-state index contributed by atoms with van der Waals surface area (Å²) in [7, 11) is 0. The number of hydrogen-bond acceptors (Lipinski definition) is 1. The zero-order valence-electron chi connectivity index (χ0n) is 5.46. The molecule has 0 aliphatic heterocycles. The minimum atomic E-state index is -1.82. The van der Waals surface area contributed by atoms with E-state index < -0.39 is 23.5 Å². The molecule has 54 valence electrons. The van der Waals surface area contributed by atoms with Gasteiger partial charge in [0.25, 0.3) is 0 Å². The molecule has 0 aromatic carbocycles. The molecule has 0 atom stereocenters. The molecule has 0 N–H and O–H groups in total. The Kier molecular flexibility index (Phi) is 3.56. The van der Waals surface area contributed by atoms with Crippen molar-refractivity contribution < 1.29 is 36.4 Å². The average molecular weight is 157 g/mol. The summed E-state index contributed by atoms with van der Waals surface area (Å²) in [6, 6.07) is 1.22. The van der Waals surface area contributed by atoms with Crippen LogP contribution in [0.1, 0.15) is 0 Å². The summed E-state index contributed by atoms with van der Waals surface area (Å²) in [6.45, 7) is 0. The van der Waals surface area contributed by atoms with E-state index in [1.54, 1.807) is 0 Å². The van der Waals surface area contributed by atoms with Crippen LogP contribution in [-0.2, 0) is 0 Å². The number of hydrogen-bond donors (Lipinski definition) is 0. The Balaban J connectivity index is 0.000001000. The van der Waals surface area contributed by atoms with Crippen molar-refractivity contribution in [2.75, 3.05) is 0 Å². The van der Waals surface area contributed by atoms with Gasteiger partial charge in [0.15, 0.2) is 5.95 Å². The molecule has 0 amide bonds. The Hall–Kier alpha value is -0.533. The van der Waals surface area contributed by atoms with Gasteiger partial charge in [-0.3, -0.25) is 0 Å². The van der Waals surface area contributed by atoms with E-state index in [4.69, 9.17) is 0 Å². The third-order valence-electron chi connectivity index (χ3n) is 0.783. The maximum Gasteiger partial charge on any atom is 1.00 e. The van der Waals surface area contributed by atoms with E-state index in [0.29, 0.717) is 0 Å². The predicted octanol–water partition coefficient (Wildman–Crippen LogP) is -1.56. The Labute approximate surface area is 71.6 Å². The van der Waals surface area contributed by atoms with Crippen LogP contribution in [-0.4, -0.2) is 4.98 Å². The SMILES string of the molecule is Fc1[c-]c(F)c(F)c(F)n1.[Li+]. The molecule has 1 heterocycles. The molecule has 0 aliphatic rings. The Bertz CT molecular complexity index is 242. The summed E-state index contributed by atoms with van der Waals surface area (Å²) in [5.74, 6) is -6.82. The van der Waals surface area contributed by atoms with Gasteiger partial charge in [-0.05, 0) is 5.82 Å². The standard InChI is InChI=1S/C5F4N.Li/c6-2-1-3(7)10-5(9)4(2)8;/q-1;+1. The molecular weight excluding hydrogens is 157 g/mol. The van der Waals surface area contributed by atoms with E-state index in [9.17, 15) is 17.6 Å². The molecule has 0 fully saturated rings. The summed E-state index contributed by atoms with van der Waals surface area (Å²) in [4.78, 5) is 2.33. The first-order chi connectivity index (χ1) is 4.61. The summed E-state index contributed by atoms with van der Waals surface area (Å²) in [5.41, 5.74) is 0. The van der Waals surface area contributed by atoms with Crippen molar-refractivity contribution in [3.8, 4) is 0 Å². The average Bonchev–Trinajstić information content (AvgIpc) is 1.82. The fourth-order valence-corrected chi connectivity index (χ4v) is 0.399. The predicted molar refractivity (Wildman–Crippen MR) is 22.9 cm³/mol. The van der Waals surface area contributed by atoms with Crippen molar-refractivity contribution in [3.05, 3.63) is 29.6 Å². The van der Waals surface area contributed by atoms with Crippen LogP contribution in [0, 0.1) is 29.6 Å². The van der Waals surface area contributed by atoms with Crippen LogP contribution in [0.3, 0.4) is 0 Å². The van der Waals surface area contributed by atoms with Crippen molar-refractivity contribution in [2.24, 2.45) is 0 Å². The fraction of sp³-hybridized carbons (Fsp3) is 0. The largest absolute Gasteiger partial charge is 1.00 e. The third kappa shape index (κ3) is 2.21. The molecule has 1 nitrogen and oxygen atoms in total. The van der Waals surface area contributed by atoms with Crippen LogP contribution in [0.5, 0.6) is 0 Å². The second-order valence-corrected chi connectivity index (χ2v) is 1.45. The van der Waals surface area contributed by atoms with E-state index >= 15 is 0 Å². The first kappa shape index (κ1) is 10.5. The molecule has 6 heteroatoms. The number of pyridine rings is 1. The fourth-order valence-electron chi connectivity index (χ4n) is 0.399. The zero-order valence-corrected chi connectivity index (χ0v) is 5.46. The van der Waals surface area contributed by atoms with Gasteiger partial charge in [0.1, 0.15) is 5.95 Å². The first-order valence-corrected chi connectivity index (χ1v) is 2.20. The Morgan fingerprint density at radius 3 is 2.09 bits per heavy atom. The van der Waals surface area contributed by atoms with Crippen LogP contribution in [0.25, 0.3) is 0 Å². The molecule has 1 aromatic heterocycles. The van der Waals surface area contributed by atoms with Crippen molar-refractivity contribution >= 4 is 0 Å². The minimum absolute atomic E-state index is 0. The molecule has 0 radical (unpaired) electrons. The van der Waals surface area contributed by atoms with Crippen LogP contribution < -0.4 is 18.9 Å². The van der Waals surface area contributed by atoms with Gasteiger partial charge < -0.3 is 4.39 Å². The maximum atomic E-state index is 11.9. The zero-order chi connectivity index (χ0) is 7.72. The van der Waals surface area contributed by atoms with Gasteiger partial charge in [0.05, 0.1) is 5.82 Å². The van der Waals surface area contributed by atoms with E-state index in [1.165, 1.54) is 6.07 Å². The summed E-state index contributed by atoms with van der Waals surface area (Å²) >= 11 is 0. The van der Waals surface area contributed by atoms with Crippen LogP contribution in [0.4, 0.5) is 17.6 Å². The first-order valence-electron chi connectivity index (χ1n) is 2.20. The van der Waals surface area contributed by atoms with Crippen LogP contribution in [0.2, 0.25) is 0 Å². The van der Waals surface area contributed by atoms with Crippen molar-refractivity contribution in [1.82, 2.24) is 4.98 Å². The Morgan fingerprint density at radius 2 is 1.64 bits per heavy atom. The smallest absolute Gasteiger partial charge is 0.313 e. The topological polar surface area (TPSA) is 12.9 Å². The van der Waals surface area contributed by atoms with Crippen LogP contribution in [0.15, 0.2) is 0 Å². The molecule has 0 spiro atoms. The van der Waals surface area contributed by atoms with Gasteiger partial charge in [-0.15, -0.1) is 0 Å². The van der Waals surface area contributed by atoms with E-state index in [-0.39, 0.29) is 18.9 Å². The van der Waals surface area contributed by atoms with Gasteiger partial charge in [0, 0.05) is 0 Å². The van der Waals surface area contributed by atoms with Gasteiger partial charge >= 0.3 is 18.9 Å². The molecule has 1 aromatic rings.